The van der Waals surface area contributed by atoms with Gasteiger partial charge in [0, 0.05) is 4.47 Å². The van der Waals surface area contributed by atoms with Gasteiger partial charge in [0.1, 0.15) is 11.6 Å². The number of benzene rings is 3. The van der Waals surface area contributed by atoms with Gasteiger partial charge >= 0.3 is 0 Å². The summed E-state index contributed by atoms with van der Waals surface area (Å²) in [6.45, 7) is 0.118. The fraction of sp³-hybridized carbons (Fsp3) is 0.100. The van der Waals surface area contributed by atoms with Crippen LogP contribution in [0, 0.1) is 5.82 Å². The summed E-state index contributed by atoms with van der Waals surface area (Å²) in [7, 11) is -2.34. The number of sulfonamides is 1. The summed E-state index contributed by atoms with van der Waals surface area (Å²) < 4.78 is 47.1. The first kappa shape index (κ1) is 19.4. The highest BCUT2D eigenvalue weighted by atomic mass is 79.9. The Labute approximate surface area is 166 Å². The SMILES string of the molecule is COc1ccc(S(=O)(=O)N(Cc2ccc(Br)cc2)c2ccc(F)cc2)cc1. The average molecular weight is 450 g/mol. The maximum absolute atomic E-state index is 13.3. The zero-order valence-corrected chi connectivity index (χ0v) is 16.9. The number of halogens is 2. The van der Waals surface area contributed by atoms with Crippen LogP contribution in [0.2, 0.25) is 0 Å². The van der Waals surface area contributed by atoms with Crippen molar-refractivity contribution in [1.29, 1.82) is 0 Å². The Balaban J connectivity index is 2.03. The van der Waals surface area contributed by atoms with Crippen molar-refractivity contribution in [2.45, 2.75) is 11.4 Å². The second kappa shape index (κ2) is 8.10. The smallest absolute Gasteiger partial charge is 0.264 e. The highest BCUT2D eigenvalue weighted by Crippen LogP contribution is 2.27. The molecular formula is C20H17BrFNO3S. The number of hydrogen-bond acceptors (Lipinski definition) is 3. The third-order valence-electron chi connectivity index (χ3n) is 4.00. The van der Waals surface area contributed by atoms with E-state index in [0.29, 0.717) is 11.4 Å². The number of nitrogens with zero attached hydrogens (tertiary/aromatic N) is 1. The average Bonchev–Trinajstić information content (AvgIpc) is 2.68. The van der Waals surface area contributed by atoms with Gasteiger partial charge in [-0.1, -0.05) is 28.1 Å². The third kappa shape index (κ3) is 4.48. The molecule has 0 saturated heterocycles. The minimum atomic E-state index is -3.86. The van der Waals surface area contributed by atoms with Gasteiger partial charge in [-0.3, -0.25) is 4.31 Å². The van der Waals surface area contributed by atoms with Gasteiger partial charge in [-0.05, 0) is 66.2 Å². The molecule has 7 heteroatoms. The summed E-state index contributed by atoms with van der Waals surface area (Å²) in [4.78, 5) is 0.129. The van der Waals surface area contributed by atoms with E-state index in [1.165, 1.54) is 47.8 Å². The van der Waals surface area contributed by atoms with Crippen LogP contribution in [-0.4, -0.2) is 15.5 Å². The molecule has 3 aromatic rings. The second-order valence-electron chi connectivity index (χ2n) is 5.79. The molecular weight excluding hydrogens is 433 g/mol. The Bertz CT molecular complexity index is 1000. The predicted molar refractivity (Wildman–Crippen MR) is 107 cm³/mol. The first-order valence-electron chi connectivity index (χ1n) is 8.07. The molecule has 0 radical (unpaired) electrons. The van der Waals surface area contributed by atoms with Crippen molar-refractivity contribution in [2.24, 2.45) is 0 Å². The van der Waals surface area contributed by atoms with Gasteiger partial charge in [-0.2, -0.15) is 0 Å². The van der Waals surface area contributed by atoms with Gasteiger partial charge in [0.05, 0.1) is 24.2 Å². The van der Waals surface area contributed by atoms with Gasteiger partial charge in [0.15, 0.2) is 0 Å². The molecule has 3 aromatic carbocycles. The molecule has 0 aliphatic rings. The zero-order valence-electron chi connectivity index (χ0n) is 14.5. The fourth-order valence-electron chi connectivity index (χ4n) is 2.55. The predicted octanol–water partition coefficient (Wildman–Crippen LogP) is 4.99. The van der Waals surface area contributed by atoms with Crippen LogP contribution < -0.4 is 9.04 Å². The molecule has 0 aliphatic heterocycles. The van der Waals surface area contributed by atoms with Crippen molar-refractivity contribution >= 4 is 31.6 Å². The maximum Gasteiger partial charge on any atom is 0.264 e. The Hall–Kier alpha value is -2.38. The molecule has 140 valence electrons. The lowest BCUT2D eigenvalue weighted by atomic mass is 10.2. The minimum Gasteiger partial charge on any atom is -0.497 e. The van der Waals surface area contributed by atoms with Crippen LogP contribution in [0.15, 0.2) is 82.2 Å². The summed E-state index contributed by atoms with van der Waals surface area (Å²) >= 11 is 3.37. The van der Waals surface area contributed by atoms with Crippen LogP contribution in [0.5, 0.6) is 5.75 Å². The Morgan fingerprint density at radius 1 is 0.926 bits per heavy atom. The number of hydrogen-bond donors (Lipinski definition) is 0. The molecule has 0 saturated carbocycles. The van der Waals surface area contributed by atoms with Gasteiger partial charge in [-0.15, -0.1) is 0 Å². The van der Waals surface area contributed by atoms with E-state index in [2.05, 4.69) is 15.9 Å². The van der Waals surface area contributed by atoms with E-state index in [1.807, 2.05) is 24.3 Å². The maximum atomic E-state index is 13.3. The highest BCUT2D eigenvalue weighted by molar-refractivity contribution is 9.10. The summed E-state index contributed by atoms with van der Waals surface area (Å²) in [6, 6.07) is 18.9. The molecule has 0 bridgehead atoms. The topological polar surface area (TPSA) is 46.6 Å². The van der Waals surface area contributed by atoms with E-state index in [0.717, 1.165) is 10.0 Å². The lowest BCUT2D eigenvalue weighted by Gasteiger charge is -2.25. The van der Waals surface area contributed by atoms with Gasteiger partial charge in [0.2, 0.25) is 0 Å². The standard InChI is InChI=1S/C20H17BrFNO3S/c1-26-19-10-12-20(13-11-19)27(24,25)23(18-8-6-17(22)7-9-18)14-15-2-4-16(21)5-3-15/h2-13H,14H2,1H3. The number of rotatable bonds is 6. The molecule has 3 rings (SSSR count). The van der Waals surface area contributed by atoms with Crippen molar-refractivity contribution in [3.8, 4) is 5.75 Å². The van der Waals surface area contributed by atoms with Crippen LogP contribution >= 0.6 is 15.9 Å². The Kier molecular flexibility index (Phi) is 5.82. The third-order valence-corrected chi connectivity index (χ3v) is 6.32. The summed E-state index contributed by atoms with van der Waals surface area (Å²) in [5.41, 5.74) is 1.19. The molecule has 27 heavy (non-hydrogen) atoms. The van der Waals surface area contributed by atoms with Crippen LogP contribution in [0.1, 0.15) is 5.56 Å². The Morgan fingerprint density at radius 3 is 2.07 bits per heavy atom. The minimum absolute atomic E-state index is 0.118. The summed E-state index contributed by atoms with van der Waals surface area (Å²) in [5, 5.41) is 0. The molecule has 0 heterocycles. The number of anilines is 1. The van der Waals surface area contributed by atoms with E-state index in [-0.39, 0.29) is 11.4 Å². The lowest BCUT2D eigenvalue weighted by molar-refractivity contribution is 0.414. The van der Waals surface area contributed by atoms with Crippen LogP contribution in [0.4, 0.5) is 10.1 Å². The van der Waals surface area contributed by atoms with E-state index >= 15 is 0 Å². The molecule has 0 aliphatic carbocycles. The second-order valence-corrected chi connectivity index (χ2v) is 8.57. The zero-order chi connectivity index (χ0) is 19.4. The van der Waals surface area contributed by atoms with Crippen LogP contribution in [0.3, 0.4) is 0 Å². The normalized spacial score (nSPS) is 11.2. The molecule has 4 nitrogen and oxygen atoms in total. The molecule has 0 N–H and O–H groups in total. The van der Waals surface area contributed by atoms with Crippen molar-refractivity contribution < 1.29 is 17.5 Å². The van der Waals surface area contributed by atoms with Crippen LogP contribution in [0.25, 0.3) is 0 Å². The summed E-state index contributed by atoms with van der Waals surface area (Å²) in [5.74, 6) is 0.138. The lowest BCUT2D eigenvalue weighted by Crippen LogP contribution is -2.30. The summed E-state index contributed by atoms with van der Waals surface area (Å²) in [6.07, 6.45) is 0. The van der Waals surface area contributed by atoms with Crippen molar-refractivity contribution in [1.82, 2.24) is 0 Å². The van der Waals surface area contributed by atoms with E-state index < -0.39 is 15.8 Å². The first-order valence-corrected chi connectivity index (χ1v) is 10.3. The van der Waals surface area contributed by atoms with E-state index in [9.17, 15) is 12.8 Å². The quantitative estimate of drug-likeness (QED) is 0.532. The van der Waals surface area contributed by atoms with Crippen molar-refractivity contribution in [2.75, 3.05) is 11.4 Å². The van der Waals surface area contributed by atoms with Gasteiger partial charge in [-0.25, -0.2) is 12.8 Å². The largest absolute Gasteiger partial charge is 0.497 e. The molecule has 0 unspecified atom stereocenters. The molecule has 0 aromatic heterocycles. The van der Waals surface area contributed by atoms with E-state index in [1.54, 1.807) is 12.1 Å². The molecule has 0 fully saturated rings. The van der Waals surface area contributed by atoms with E-state index in [4.69, 9.17) is 4.74 Å². The fourth-order valence-corrected chi connectivity index (χ4v) is 4.27. The van der Waals surface area contributed by atoms with Crippen molar-refractivity contribution in [3.05, 3.63) is 88.6 Å². The van der Waals surface area contributed by atoms with Crippen LogP contribution in [-0.2, 0) is 16.6 Å². The van der Waals surface area contributed by atoms with Crippen molar-refractivity contribution in [3.63, 3.8) is 0 Å². The monoisotopic (exact) mass is 449 g/mol. The molecule has 0 spiro atoms. The Morgan fingerprint density at radius 2 is 1.52 bits per heavy atom. The van der Waals surface area contributed by atoms with Gasteiger partial charge in [0.25, 0.3) is 10.0 Å². The van der Waals surface area contributed by atoms with Gasteiger partial charge < -0.3 is 4.74 Å². The number of methoxy groups -OCH3 is 1. The molecule has 0 atom stereocenters. The number of ether oxygens (including phenoxy) is 1. The highest BCUT2D eigenvalue weighted by Gasteiger charge is 2.25. The first-order chi connectivity index (χ1) is 12.9. The molecule has 0 amide bonds.